The minimum absolute atomic E-state index is 0.291. The van der Waals surface area contributed by atoms with Crippen molar-refractivity contribution in [3.05, 3.63) is 28.8 Å². The molecule has 0 amide bonds. The molecule has 2 unspecified atom stereocenters. The molecule has 116 valence electrons. The summed E-state index contributed by atoms with van der Waals surface area (Å²) in [6.45, 7) is 3.71. The van der Waals surface area contributed by atoms with Gasteiger partial charge in [-0.2, -0.15) is 0 Å². The molecule has 21 heavy (non-hydrogen) atoms. The molecule has 1 saturated heterocycles. The van der Waals surface area contributed by atoms with Gasteiger partial charge in [-0.3, -0.25) is 0 Å². The number of aliphatic hydroxyl groups is 1. The lowest BCUT2D eigenvalue weighted by Gasteiger charge is -2.28. The van der Waals surface area contributed by atoms with E-state index in [4.69, 9.17) is 11.6 Å². The number of nitrogens with one attached hydrogen (secondary N) is 1. The molecule has 0 bridgehead atoms. The van der Waals surface area contributed by atoms with Crippen LogP contribution in [-0.4, -0.2) is 48.0 Å². The Bertz CT molecular complexity index is 479. The molecule has 2 heterocycles. The van der Waals surface area contributed by atoms with Crippen LogP contribution >= 0.6 is 23.4 Å². The van der Waals surface area contributed by atoms with Gasteiger partial charge in [0.05, 0.1) is 6.10 Å². The minimum Gasteiger partial charge on any atom is -0.390 e. The Morgan fingerprint density at radius 2 is 2.19 bits per heavy atom. The van der Waals surface area contributed by atoms with E-state index in [1.54, 1.807) is 0 Å². The van der Waals surface area contributed by atoms with Gasteiger partial charge in [0.1, 0.15) is 0 Å². The van der Waals surface area contributed by atoms with E-state index >= 15 is 0 Å². The van der Waals surface area contributed by atoms with Crippen LogP contribution in [0, 0.1) is 0 Å². The first-order chi connectivity index (χ1) is 10.2. The second-order valence-corrected chi connectivity index (χ2v) is 7.51. The maximum Gasteiger partial charge on any atom is 0.0791 e. The van der Waals surface area contributed by atoms with Gasteiger partial charge in [-0.05, 0) is 61.9 Å². The van der Waals surface area contributed by atoms with E-state index in [1.807, 2.05) is 17.8 Å². The van der Waals surface area contributed by atoms with Gasteiger partial charge in [0.2, 0.25) is 0 Å². The zero-order valence-corrected chi connectivity index (χ0v) is 13.8. The van der Waals surface area contributed by atoms with Crippen molar-refractivity contribution in [3.8, 4) is 0 Å². The summed E-state index contributed by atoms with van der Waals surface area (Å²) in [6, 6.07) is 6.44. The van der Waals surface area contributed by atoms with Gasteiger partial charge in [-0.1, -0.05) is 11.6 Å². The quantitative estimate of drug-likeness (QED) is 0.872. The van der Waals surface area contributed by atoms with Crippen LogP contribution in [0.5, 0.6) is 0 Å². The monoisotopic (exact) mass is 326 g/mol. The Morgan fingerprint density at radius 3 is 3.00 bits per heavy atom. The van der Waals surface area contributed by atoms with Gasteiger partial charge in [0.15, 0.2) is 0 Å². The van der Waals surface area contributed by atoms with E-state index < -0.39 is 0 Å². The number of aliphatic hydroxyl groups excluding tert-OH is 1. The summed E-state index contributed by atoms with van der Waals surface area (Å²) < 4.78 is 0. The first kappa shape index (κ1) is 15.6. The zero-order valence-electron chi connectivity index (χ0n) is 12.2. The van der Waals surface area contributed by atoms with Crippen molar-refractivity contribution in [2.45, 2.75) is 36.3 Å². The third-order valence-electron chi connectivity index (χ3n) is 4.28. The van der Waals surface area contributed by atoms with E-state index in [2.05, 4.69) is 22.3 Å². The molecule has 2 atom stereocenters. The third kappa shape index (κ3) is 4.14. The predicted molar refractivity (Wildman–Crippen MR) is 89.2 cm³/mol. The van der Waals surface area contributed by atoms with Gasteiger partial charge in [0, 0.05) is 29.0 Å². The van der Waals surface area contributed by atoms with Gasteiger partial charge in [-0.25, -0.2) is 0 Å². The Kier molecular flexibility index (Phi) is 5.46. The molecule has 0 spiro atoms. The molecule has 2 N–H and O–H groups in total. The average molecular weight is 327 g/mol. The van der Waals surface area contributed by atoms with Crippen molar-refractivity contribution in [1.82, 2.24) is 10.2 Å². The molecule has 1 aromatic carbocycles. The summed E-state index contributed by atoms with van der Waals surface area (Å²) in [5.41, 5.74) is 1.28. The molecule has 1 fully saturated rings. The highest BCUT2D eigenvalue weighted by molar-refractivity contribution is 7.99. The molecular formula is C16H23ClN2OS. The SMILES string of the molecule is OC(CNC1CCSc2ccc(Cl)cc21)CN1CCCC1. The normalized spacial score (nSPS) is 24.0. The first-order valence-electron chi connectivity index (χ1n) is 7.78. The topological polar surface area (TPSA) is 35.5 Å². The molecular weight excluding hydrogens is 304 g/mol. The fourth-order valence-corrected chi connectivity index (χ4v) is 4.47. The van der Waals surface area contributed by atoms with E-state index in [0.717, 1.165) is 36.8 Å². The Balaban J connectivity index is 1.55. The number of nitrogens with zero attached hydrogens (tertiary/aromatic N) is 1. The van der Waals surface area contributed by atoms with Gasteiger partial charge in [0.25, 0.3) is 0 Å². The highest BCUT2D eigenvalue weighted by Crippen LogP contribution is 2.37. The number of fused-ring (bicyclic) bond motifs is 1. The van der Waals surface area contributed by atoms with Crippen LogP contribution in [0.1, 0.15) is 30.9 Å². The van der Waals surface area contributed by atoms with Crippen molar-refractivity contribution >= 4 is 23.4 Å². The Labute approximate surface area is 136 Å². The molecule has 5 heteroatoms. The van der Waals surface area contributed by atoms with E-state index in [9.17, 15) is 5.11 Å². The van der Waals surface area contributed by atoms with Crippen LogP contribution in [0.25, 0.3) is 0 Å². The molecule has 0 radical (unpaired) electrons. The smallest absolute Gasteiger partial charge is 0.0791 e. The number of thioether (sulfide) groups is 1. The van der Waals surface area contributed by atoms with Crippen molar-refractivity contribution in [1.29, 1.82) is 0 Å². The summed E-state index contributed by atoms with van der Waals surface area (Å²) in [4.78, 5) is 3.67. The van der Waals surface area contributed by atoms with E-state index in [0.29, 0.717) is 12.6 Å². The van der Waals surface area contributed by atoms with Crippen molar-refractivity contribution < 1.29 is 5.11 Å². The lowest BCUT2D eigenvalue weighted by atomic mass is 10.0. The molecule has 2 aliphatic heterocycles. The highest BCUT2D eigenvalue weighted by atomic mass is 35.5. The molecule has 0 saturated carbocycles. The number of rotatable bonds is 5. The Morgan fingerprint density at radius 1 is 1.38 bits per heavy atom. The van der Waals surface area contributed by atoms with Crippen LogP contribution in [0.4, 0.5) is 0 Å². The summed E-state index contributed by atoms with van der Waals surface area (Å²) in [5.74, 6) is 1.12. The standard InChI is InChI=1S/C16H23ClN2OS/c17-12-3-4-16-14(9-12)15(5-8-21-16)18-10-13(20)11-19-6-1-2-7-19/h3-4,9,13,15,18,20H,1-2,5-8,10-11H2. The van der Waals surface area contributed by atoms with Crippen LogP contribution in [0.3, 0.4) is 0 Å². The van der Waals surface area contributed by atoms with Crippen LogP contribution < -0.4 is 5.32 Å². The lowest BCUT2D eigenvalue weighted by Crippen LogP contribution is -2.38. The number of β-amino-alcohol motifs (C(OH)–C–C–N with tert-alkyl or cyclic N) is 1. The average Bonchev–Trinajstić information content (AvgIpc) is 2.98. The molecule has 2 aliphatic rings. The maximum atomic E-state index is 10.2. The van der Waals surface area contributed by atoms with Crippen molar-refractivity contribution in [3.63, 3.8) is 0 Å². The molecule has 3 rings (SSSR count). The first-order valence-corrected chi connectivity index (χ1v) is 9.15. The number of hydrogen-bond acceptors (Lipinski definition) is 4. The van der Waals surface area contributed by atoms with Crippen LogP contribution in [0.15, 0.2) is 23.1 Å². The predicted octanol–water partition coefficient (Wildman–Crippen LogP) is 2.92. The summed E-state index contributed by atoms with van der Waals surface area (Å²) in [6.07, 6.45) is 3.34. The van der Waals surface area contributed by atoms with E-state index in [-0.39, 0.29) is 6.10 Å². The lowest BCUT2D eigenvalue weighted by molar-refractivity contribution is 0.120. The molecule has 1 aromatic rings. The summed E-state index contributed by atoms with van der Waals surface area (Å²) >= 11 is 8.02. The summed E-state index contributed by atoms with van der Waals surface area (Å²) in [5, 5.41) is 14.5. The zero-order chi connectivity index (χ0) is 14.7. The van der Waals surface area contributed by atoms with Crippen molar-refractivity contribution in [2.24, 2.45) is 0 Å². The Hall–Kier alpha value is -0.260. The number of likely N-dealkylation sites (tertiary alicyclic amines) is 1. The fourth-order valence-electron chi connectivity index (χ4n) is 3.18. The second kappa shape index (κ2) is 7.34. The molecule has 3 nitrogen and oxygen atoms in total. The number of benzene rings is 1. The molecule has 0 aromatic heterocycles. The van der Waals surface area contributed by atoms with Crippen LogP contribution in [0.2, 0.25) is 5.02 Å². The highest BCUT2D eigenvalue weighted by Gasteiger charge is 2.22. The number of hydrogen-bond donors (Lipinski definition) is 2. The fraction of sp³-hybridized carbons (Fsp3) is 0.625. The largest absolute Gasteiger partial charge is 0.390 e. The summed E-state index contributed by atoms with van der Waals surface area (Å²) in [7, 11) is 0. The van der Waals surface area contributed by atoms with Gasteiger partial charge < -0.3 is 15.3 Å². The third-order valence-corrected chi connectivity index (χ3v) is 5.64. The van der Waals surface area contributed by atoms with Crippen molar-refractivity contribution in [2.75, 3.05) is 31.9 Å². The van der Waals surface area contributed by atoms with E-state index in [1.165, 1.54) is 23.3 Å². The molecule has 0 aliphatic carbocycles. The minimum atomic E-state index is -0.291. The van der Waals surface area contributed by atoms with Crippen LogP contribution in [-0.2, 0) is 0 Å². The van der Waals surface area contributed by atoms with Gasteiger partial charge in [-0.15, -0.1) is 11.8 Å². The second-order valence-electron chi connectivity index (χ2n) is 5.94. The van der Waals surface area contributed by atoms with Gasteiger partial charge >= 0.3 is 0 Å². The number of halogens is 1. The maximum absolute atomic E-state index is 10.2.